The Kier molecular flexibility index (Phi) is 6.05. The highest BCUT2D eigenvalue weighted by atomic mass is 16.7. The van der Waals surface area contributed by atoms with Crippen LogP contribution in [0.4, 0.5) is 5.69 Å². The molecule has 1 N–H and O–H groups in total. The van der Waals surface area contributed by atoms with Crippen LogP contribution >= 0.6 is 0 Å². The molecular weight excluding hydrogens is 370 g/mol. The Labute approximate surface area is 171 Å². The summed E-state index contributed by atoms with van der Waals surface area (Å²) in [4.78, 5) is 16.8. The molecule has 0 spiro atoms. The van der Waals surface area contributed by atoms with Gasteiger partial charge in [0.15, 0.2) is 11.5 Å². The highest BCUT2D eigenvalue weighted by Gasteiger charge is 2.21. The molecule has 7 heteroatoms. The van der Waals surface area contributed by atoms with Crippen LogP contribution in [0.3, 0.4) is 0 Å². The van der Waals surface area contributed by atoms with Crippen molar-refractivity contribution >= 4 is 11.6 Å². The first-order chi connectivity index (χ1) is 14.2. The van der Waals surface area contributed by atoms with Gasteiger partial charge in [-0.15, -0.1) is 0 Å². The number of hydrogen-bond donors (Lipinski definition) is 1. The maximum atomic E-state index is 12.5. The number of carbonyl (C=O) groups is 1. The normalized spacial score (nSPS) is 16.0. The lowest BCUT2D eigenvalue weighted by molar-refractivity contribution is -0.131. The summed E-state index contributed by atoms with van der Waals surface area (Å²) in [5.74, 6) is 2.59. The predicted octanol–water partition coefficient (Wildman–Crippen LogP) is 2.57. The molecular formula is C22H27N3O4. The molecule has 2 aliphatic rings. The Morgan fingerprint density at radius 1 is 1.03 bits per heavy atom. The maximum Gasteiger partial charge on any atom is 0.241 e. The molecule has 0 aromatic heterocycles. The van der Waals surface area contributed by atoms with E-state index in [1.165, 1.54) is 5.56 Å². The molecule has 0 aliphatic carbocycles. The van der Waals surface area contributed by atoms with Crippen molar-refractivity contribution in [2.75, 3.05) is 51.4 Å². The Hall–Kier alpha value is -2.93. The van der Waals surface area contributed by atoms with Gasteiger partial charge in [-0.05, 0) is 48.9 Å². The molecule has 4 rings (SSSR count). The second-order valence-corrected chi connectivity index (χ2v) is 7.16. The van der Waals surface area contributed by atoms with Crippen molar-refractivity contribution in [2.45, 2.75) is 13.5 Å². The van der Waals surface area contributed by atoms with Crippen molar-refractivity contribution in [3.05, 3.63) is 48.0 Å². The zero-order valence-corrected chi connectivity index (χ0v) is 16.7. The molecule has 2 aromatic carbocycles. The van der Waals surface area contributed by atoms with E-state index in [1.54, 1.807) is 0 Å². The van der Waals surface area contributed by atoms with Gasteiger partial charge in [0, 0.05) is 38.4 Å². The minimum Gasteiger partial charge on any atom is -0.494 e. The standard InChI is InChI=1S/C22H27N3O4/c1-2-27-19-6-4-18(5-7-19)23-14-22(26)25-11-9-24(10-12-25)15-17-3-8-20-21(13-17)29-16-28-20/h3-8,13,23H,2,9-12,14-16H2,1H3. The van der Waals surface area contributed by atoms with Crippen LogP contribution in [0.2, 0.25) is 0 Å². The number of piperazine rings is 1. The average molecular weight is 397 g/mol. The Balaban J connectivity index is 1.21. The van der Waals surface area contributed by atoms with E-state index >= 15 is 0 Å². The molecule has 0 atom stereocenters. The summed E-state index contributed by atoms with van der Waals surface area (Å²) >= 11 is 0. The molecule has 7 nitrogen and oxygen atoms in total. The fourth-order valence-electron chi connectivity index (χ4n) is 3.58. The Morgan fingerprint density at radius 2 is 1.79 bits per heavy atom. The molecule has 2 heterocycles. The fourth-order valence-corrected chi connectivity index (χ4v) is 3.58. The number of carbonyl (C=O) groups excluding carboxylic acids is 1. The largest absolute Gasteiger partial charge is 0.494 e. The lowest BCUT2D eigenvalue weighted by Crippen LogP contribution is -2.49. The van der Waals surface area contributed by atoms with E-state index in [2.05, 4.69) is 16.3 Å². The van der Waals surface area contributed by atoms with E-state index in [0.29, 0.717) is 19.9 Å². The van der Waals surface area contributed by atoms with Gasteiger partial charge in [0.2, 0.25) is 12.7 Å². The van der Waals surface area contributed by atoms with Crippen LogP contribution in [0.25, 0.3) is 0 Å². The van der Waals surface area contributed by atoms with Crippen molar-refractivity contribution in [1.29, 1.82) is 0 Å². The zero-order chi connectivity index (χ0) is 20.1. The summed E-state index contributed by atoms with van der Waals surface area (Å²) in [6, 6.07) is 13.8. The van der Waals surface area contributed by atoms with Gasteiger partial charge in [-0.3, -0.25) is 9.69 Å². The van der Waals surface area contributed by atoms with Crippen LogP contribution in [-0.4, -0.2) is 61.8 Å². The number of nitrogens with zero attached hydrogens (tertiary/aromatic N) is 2. The Bertz CT molecular complexity index is 832. The van der Waals surface area contributed by atoms with Gasteiger partial charge in [-0.1, -0.05) is 6.07 Å². The summed E-state index contributed by atoms with van der Waals surface area (Å²) in [5.41, 5.74) is 2.12. The van der Waals surface area contributed by atoms with E-state index in [1.807, 2.05) is 48.2 Å². The third-order valence-corrected chi connectivity index (χ3v) is 5.18. The number of hydrogen-bond acceptors (Lipinski definition) is 6. The number of nitrogens with one attached hydrogen (secondary N) is 1. The third-order valence-electron chi connectivity index (χ3n) is 5.18. The van der Waals surface area contributed by atoms with Gasteiger partial charge in [0.25, 0.3) is 0 Å². The summed E-state index contributed by atoms with van der Waals surface area (Å²) in [5, 5.41) is 3.20. The number of benzene rings is 2. The SMILES string of the molecule is CCOc1ccc(NCC(=O)N2CCN(Cc3ccc4c(c3)OCO4)CC2)cc1. The van der Waals surface area contributed by atoms with Gasteiger partial charge in [0.1, 0.15) is 5.75 Å². The van der Waals surface area contributed by atoms with Crippen molar-refractivity contribution in [3.63, 3.8) is 0 Å². The van der Waals surface area contributed by atoms with Gasteiger partial charge in [0.05, 0.1) is 13.2 Å². The zero-order valence-electron chi connectivity index (χ0n) is 16.7. The van der Waals surface area contributed by atoms with Crippen molar-refractivity contribution in [1.82, 2.24) is 9.80 Å². The van der Waals surface area contributed by atoms with E-state index in [4.69, 9.17) is 14.2 Å². The molecule has 154 valence electrons. The Morgan fingerprint density at radius 3 is 2.55 bits per heavy atom. The predicted molar refractivity (Wildman–Crippen MR) is 111 cm³/mol. The average Bonchev–Trinajstić information content (AvgIpc) is 3.22. The molecule has 29 heavy (non-hydrogen) atoms. The van der Waals surface area contributed by atoms with Crippen molar-refractivity contribution in [3.8, 4) is 17.2 Å². The van der Waals surface area contributed by atoms with E-state index < -0.39 is 0 Å². The first-order valence-electron chi connectivity index (χ1n) is 10.1. The van der Waals surface area contributed by atoms with Gasteiger partial charge < -0.3 is 24.4 Å². The fraction of sp³-hybridized carbons (Fsp3) is 0.409. The second kappa shape index (κ2) is 9.05. The highest BCUT2D eigenvalue weighted by molar-refractivity contribution is 5.81. The summed E-state index contributed by atoms with van der Waals surface area (Å²) in [6.45, 7) is 7.27. The number of fused-ring (bicyclic) bond motifs is 1. The van der Waals surface area contributed by atoms with Crippen LogP contribution in [0.1, 0.15) is 12.5 Å². The lowest BCUT2D eigenvalue weighted by atomic mass is 10.1. The lowest BCUT2D eigenvalue weighted by Gasteiger charge is -2.35. The molecule has 0 bridgehead atoms. The second-order valence-electron chi connectivity index (χ2n) is 7.16. The minimum atomic E-state index is 0.126. The van der Waals surface area contributed by atoms with Gasteiger partial charge >= 0.3 is 0 Å². The maximum absolute atomic E-state index is 12.5. The molecule has 0 unspecified atom stereocenters. The van der Waals surface area contributed by atoms with Crippen molar-refractivity contribution < 1.29 is 19.0 Å². The quantitative estimate of drug-likeness (QED) is 0.775. The number of ether oxygens (including phenoxy) is 3. The number of amides is 1. The molecule has 2 aromatic rings. The van der Waals surface area contributed by atoms with E-state index in [9.17, 15) is 4.79 Å². The van der Waals surface area contributed by atoms with E-state index in [-0.39, 0.29) is 5.91 Å². The molecule has 0 radical (unpaired) electrons. The molecule has 1 fully saturated rings. The third kappa shape index (κ3) is 4.92. The molecule has 1 amide bonds. The molecule has 0 saturated carbocycles. The minimum absolute atomic E-state index is 0.126. The topological polar surface area (TPSA) is 63.3 Å². The highest BCUT2D eigenvalue weighted by Crippen LogP contribution is 2.32. The summed E-state index contributed by atoms with van der Waals surface area (Å²) in [6.07, 6.45) is 0. The summed E-state index contributed by atoms with van der Waals surface area (Å²) in [7, 11) is 0. The smallest absolute Gasteiger partial charge is 0.241 e. The number of rotatable bonds is 7. The summed E-state index contributed by atoms with van der Waals surface area (Å²) < 4.78 is 16.2. The molecule has 2 aliphatic heterocycles. The number of anilines is 1. The van der Waals surface area contributed by atoms with Crippen LogP contribution in [-0.2, 0) is 11.3 Å². The van der Waals surface area contributed by atoms with Crippen LogP contribution < -0.4 is 19.5 Å². The monoisotopic (exact) mass is 397 g/mol. The van der Waals surface area contributed by atoms with Gasteiger partial charge in [-0.25, -0.2) is 0 Å². The van der Waals surface area contributed by atoms with Crippen molar-refractivity contribution in [2.24, 2.45) is 0 Å². The van der Waals surface area contributed by atoms with Gasteiger partial charge in [-0.2, -0.15) is 0 Å². The van der Waals surface area contributed by atoms with Crippen LogP contribution in [0.15, 0.2) is 42.5 Å². The van der Waals surface area contributed by atoms with Crippen LogP contribution in [0.5, 0.6) is 17.2 Å². The van der Waals surface area contributed by atoms with E-state index in [0.717, 1.165) is 55.7 Å². The first-order valence-corrected chi connectivity index (χ1v) is 10.1. The first kappa shape index (κ1) is 19.4. The molecule has 1 saturated heterocycles. The van der Waals surface area contributed by atoms with Crippen LogP contribution in [0, 0.1) is 0 Å².